The number of benzene rings is 1. The first-order chi connectivity index (χ1) is 17.1. The fraction of sp³-hybridized carbons (Fsp3) is 0.615. The molecule has 200 valence electrons. The maximum Gasteiger partial charge on any atom is 0.408 e. The van der Waals surface area contributed by atoms with E-state index in [0.29, 0.717) is 45.2 Å². The molecule has 0 aliphatic carbocycles. The van der Waals surface area contributed by atoms with E-state index in [9.17, 15) is 19.2 Å². The smallest absolute Gasteiger partial charge is 0.408 e. The van der Waals surface area contributed by atoms with Crippen LogP contribution in [-0.4, -0.2) is 67.3 Å². The number of piperidine rings is 1. The Morgan fingerprint density at radius 2 is 1.81 bits per heavy atom. The zero-order valence-electron chi connectivity index (χ0n) is 21.7. The molecule has 10 heteroatoms. The van der Waals surface area contributed by atoms with Crippen molar-refractivity contribution < 1.29 is 33.4 Å². The second kappa shape index (κ2) is 14.3. The van der Waals surface area contributed by atoms with Gasteiger partial charge in [0.1, 0.15) is 18.2 Å². The molecule has 0 radical (unpaired) electrons. The van der Waals surface area contributed by atoms with Crippen LogP contribution in [0.1, 0.15) is 58.4 Å². The van der Waals surface area contributed by atoms with Crippen molar-refractivity contribution in [1.82, 2.24) is 15.5 Å². The lowest BCUT2D eigenvalue weighted by atomic mass is 9.97. The number of carbonyl (C=O) groups excluding carboxylic acids is 4. The fourth-order valence-corrected chi connectivity index (χ4v) is 3.90. The van der Waals surface area contributed by atoms with Gasteiger partial charge in [-0.3, -0.25) is 9.59 Å². The highest BCUT2D eigenvalue weighted by Gasteiger charge is 2.33. The van der Waals surface area contributed by atoms with Crippen molar-refractivity contribution in [3.8, 4) is 0 Å². The number of unbranched alkanes of at least 4 members (excludes halogenated alkanes) is 1. The molecule has 1 fully saturated rings. The average molecular weight is 506 g/mol. The second-order valence-corrected chi connectivity index (χ2v) is 9.83. The number of methoxy groups -OCH3 is 1. The quantitative estimate of drug-likeness (QED) is 0.284. The van der Waals surface area contributed by atoms with E-state index in [4.69, 9.17) is 14.2 Å². The number of rotatable bonds is 10. The Hall–Kier alpha value is -3.30. The van der Waals surface area contributed by atoms with Gasteiger partial charge in [0.15, 0.2) is 0 Å². The predicted molar refractivity (Wildman–Crippen MR) is 133 cm³/mol. The number of esters is 1. The van der Waals surface area contributed by atoms with Crippen molar-refractivity contribution >= 4 is 24.1 Å². The third-order valence-corrected chi connectivity index (χ3v) is 5.66. The molecule has 1 heterocycles. The monoisotopic (exact) mass is 505 g/mol. The zero-order chi connectivity index (χ0) is 26.6. The zero-order valence-corrected chi connectivity index (χ0v) is 21.7. The Labute approximate surface area is 213 Å². The number of likely N-dealkylation sites (tertiary alicyclic amines) is 1. The summed E-state index contributed by atoms with van der Waals surface area (Å²) in [4.78, 5) is 51.1. The highest BCUT2D eigenvalue weighted by molar-refractivity contribution is 5.86. The van der Waals surface area contributed by atoms with E-state index in [1.807, 2.05) is 30.3 Å². The summed E-state index contributed by atoms with van der Waals surface area (Å²) < 4.78 is 15.4. The van der Waals surface area contributed by atoms with E-state index in [2.05, 4.69) is 10.6 Å². The minimum atomic E-state index is -0.804. The van der Waals surface area contributed by atoms with Gasteiger partial charge in [0, 0.05) is 19.6 Å². The molecule has 1 aliphatic rings. The first-order valence-electron chi connectivity index (χ1n) is 12.4. The number of ether oxygens (including phenoxy) is 3. The van der Waals surface area contributed by atoms with Crippen LogP contribution in [0.4, 0.5) is 9.59 Å². The standard InChI is InChI=1S/C26H39N3O7/c1-26(2,3)36-25(33)28-21(22(30)29-16-10-13-20(17-29)23(31)34-4)14-8-9-15-27-24(32)35-18-19-11-6-5-7-12-19/h5-7,11-12,20-21H,8-10,13-18H2,1-4H3,(H,27,32)(H,28,33)/t20-,21-/m1/s1. The first kappa shape index (κ1) is 28.9. The molecule has 0 spiro atoms. The third-order valence-electron chi connectivity index (χ3n) is 5.66. The Bertz CT molecular complexity index is 870. The van der Waals surface area contributed by atoms with Crippen molar-refractivity contribution in [2.45, 2.75) is 71.1 Å². The minimum absolute atomic E-state index is 0.186. The van der Waals surface area contributed by atoms with E-state index in [-0.39, 0.29) is 30.9 Å². The molecular weight excluding hydrogens is 466 g/mol. The molecule has 1 aromatic carbocycles. The van der Waals surface area contributed by atoms with Crippen LogP contribution in [0.3, 0.4) is 0 Å². The summed E-state index contributed by atoms with van der Waals surface area (Å²) in [6.07, 6.45) is 1.67. The van der Waals surface area contributed by atoms with E-state index in [0.717, 1.165) is 5.56 Å². The van der Waals surface area contributed by atoms with Crippen LogP contribution in [0.25, 0.3) is 0 Å². The molecule has 0 bridgehead atoms. The number of nitrogens with one attached hydrogen (secondary N) is 2. The van der Waals surface area contributed by atoms with E-state index in [1.165, 1.54) is 7.11 Å². The molecule has 10 nitrogen and oxygen atoms in total. The van der Waals surface area contributed by atoms with Crippen LogP contribution >= 0.6 is 0 Å². The van der Waals surface area contributed by atoms with E-state index < -0.39 is 23.8 Å². The number of hydrogen-bond donors (Lipinski definition) is 2. The largest absolute Gasteiger partial charge is 0.469 e. The molecule has 2 atom stereocenters. The van der Waals surface area contributed by atoms with Gasteiger partial charge in [-0.15, -0.1) is 0 Å². The maximum atomic E-state index is 13.3. The van der Waals surface area contributed by atoms with Gasteiger partial charge in [-0.25, -0.2) is 9.59 Å². The van der Waals surface area contributed by atoms with Gasteiger partial charge in [0.25, 0.3) is 0 Å². The van der Waals surface area contributed by atoms with E-state index in [1.54, 1.807) is 25.7 Å². The van der Waals surface area contributed by atoms with Crippen LogP contribution in [0.15, 0.2) is 30.3 Å². The number of carbonyl (C=O) groups is 4. The Kier molecular flexibility index (Phi) is 11.5. The molecule has 0 aromatic heterocycles. The fourth-order valence-electron chi connectivity index (χ4n) is 3.90. The van der Waals surface area contributed by atoms with Crippen molar-refractivity contribution in [3.05, 3.63) is 35.9 Å². The van der Waals surface area contributed by atoms with Gasteiger partial charge in [-0.1, -0.05) is 30.3 Å². The molecule has 2 rings (SSSR count). The summed E-state index contributed by atoms with van der Waals surface area (Å²) in [5, 5.41) is 5.38. The summed E-state index contributed by atoms with van der Waals surface area (Å²) in [6.45, 7) is 6.56. The second-order valence-electron chi connectivity index (χ2n) is 9.83. The van der Waals surface area contributed by atoms with Gasteiger partial charge >= 0.3 is 18.2 Å². The molecule has 1 aliphatic heterocycles. The van der Waals surface area contributed by atoms with Crippen LogP contribution in [-0.2, 0) is 30.4 Å². The molecule has 2 N–H and O–H groups in total. The lowest BCUT2D eigenvalue weighted by Crippen LogP contribution is -2.52. The normalized spacial score (nSPS) is 16.4. The summed E-state index contributed by atoms with van der Waals surface area (Å²) in [6, 6.07) is 8.58. The number of hydrogen-bond acceptors (Lipinski definition) is 7. The number of alkyl carbamates (subject to hydrolysis) is 2. The molecule has 1 aromatic rings. The molecule has 0 unspecified atom stereocenters. The van der Waals surface area contributed by atoms with Gasteiger partial charge in [0.05, 0.1) is 13.0 Å². The van der Waals surface area contributed by atoms with Gasteiger partial charge in [0.2, 0.25) is 5.91 Å². The van der Waals surface area contributed by atoms with Crippen molar-refractivity contribution in [3.63, 3.8) is 0 Å². The SMILES string of the molecule is COC(=O)[C@@H]1CCCN(C(=O)[C@@H](CCCCNC(=O)OCc2ccccc2)NC(=O)OC(C)(C)C)C1. The average Bonchev–Trinajstić information content (AvgIpc) is 2.85. The molecule has 1 saturated heterocycles. The first-order valence-corrected chi connectivity index (χ1v) is 12.4. The third kappa shape index (κ3) is 10.5. The highest BCUT2D eigenvalue weighted by Crippen LogP contribution is 2.20. The van der Waals surface area contributed by atoms with Gasteiger partial charge < -0.3 is 29.7 Å². The maximum absolute atomic E-state index is 13.3. The summed E-state index contributed by atoms with van der Waals surface area (Å²) in [5.74, 6) is -0.972. The summed E-state index contributed by atoms with van der Waals surface area (Å²) in [7, 11) is 1.33. The molecule has 3 amide bonds. The van der Waals surface area contributed by atoms with Gasteiger partial charge in [-0.2, -0.15) is 0 Å². The van der Waals surface area contributed by atoms with Crippen molar-refractivity contribution in [2.24, 2.45) is 5.92 Å². The van der Waals surface area contributed by atoms with Crippen molar-refractivity contribution in [1.29, 1.82) is 0 Å². The van der Waals surface area contributed by atoms with Crippen molar-refractivity contribution in [2.75, 3.05) is 26.7 Å². The Balaban J connectivity index is 1.85. The topological polar surface area (TPSA) is 123 Å². The van der Waals surface area contributed by atoms with E-state index >= 15 is 0 Å². The van der Waals surface area contributed by atoms with Crippen LogP contribution in [0, 0.1) is 5.92 Å². The Morgan fingerprint density at radius 1 is 1.08 bits per heavy atom. The Morgan fingerprint density at radius 3 is 2.47 bits per heavy atom. The number of amides is 3. The molecule has 36 heavy (non-hydrogen) atoms. The van der Waals surface area contributed by atoms with Crippen LogP contribution in [0.5, 0.6) is 0 Å². The lowest BCUT2D eigenvalue weighted by Gasteiger charge is -2.34. The number of nitrogens with zero attached hydrogens (tertiary/aromatic N) is 1. The lowest BCUT2D eigenvalue weighted by molar-refractivity contribution is -0.149. The molecular formula is C26H39N3O7. The summed E-state index contributed by atoms with van der Waals surface area (Å²) in [5.41, 5.74) is 0.192. The summed E-state index contributed by atoms with van der Waals surface area (Å²) >= 11 is 0. The minimum Gasteiger partial charge on any atom is -0.469 e. The van der Waals surface area contributed by atoms with Crippen LogP contribution < -0.4 is 10.6 Å². The predicted octanol–water partition coefficient (Wildman–Crippen LogP) is 3.39. The van der Waals surface area contributed by atoms with Gasteiger partial charge in [-0.05, 0) is 58.4 Å². The highest BCUT2D eigenvalue weighted by atomic mass is 16.6. The molecule has 0 saturated carbocycles. The van der Waals surface area contributed by atoms with Crippen LogP contribution in [0.2, 0.25) is 0 Å².